The van der Waals surface area contributed by atoms with Gasteiger partial charge in [0.2, 0.25) is 11.8 Å². The van der Waals surface area contributed by atoms with Gasteiger partial charge in [-0.3, -0.25) is 9.59 Å². The minimum atomic E-state index is -0.0807. The van der Waals surface area contributed by atoms with Gasteiger partial charge >= 0.3 is 0 Å². The molecule has 2 amide bonds. The van der Waals surface area contributed by atoms with E-state index < -0.39 is 0 Å². The molecule has 2 heterocycles. The van der Waals surface area contributed by atoms with Gasteiger partial charge in [0.15, 0.2) is 5.13 Å². The Bertz CT molecular complexity index is 536. The molecule has 1 aliphatic heterocycles. The van der Waals surface area contributed by atoms with Crippen LogP contribution in [0.1, 0.15) is 32.4 Å². The first kappa shape index (κ1) is 17.9. The molecule has 0 aromatic carbocycles. The van der Waals surface area contributed by atoms with Gasteiger partial charge in [0.05, 0.1) is 12.1 Å². The summed E-state index contributed by atoms with van der Waals surface area (Å²) in [5, 5.41) is 8.39. The molecule has 1 fully saturated rings. The maximum absolute atomic E-state index is 12.4. The van der Waals surface area contributed by atoms with Crippen LogP contribution in [-0.4, -0.2) is 48.4 Å². The minimum absolute atomic E-state index is 0.0520. The number of carbonyl (C=O) groups is 2. The fourth-order valence-electron chi connectivity index (χ4n) is 2.64. The van der Waals surface area contributed by atoms with Crippen molar-refractivity contribution in [2.45, 2.75) is 33.1 Å². The molecule has 0 radical (unpaired) electrons. The van der Waals surface area contributed by atoms with Crippen molar-refractivity contribution in [2.24, 2.45) is 11.8 Å². The number of hydrogen-bond acceptors (Lipinski definition) is 5. The molecule has 1 aliphatic rings. The van der Waals surface area contributed by atoms with Gasteiger partial charge in [-0.15, -0.1) is 11.3 Å². The van der Waals surface area contributed by atoms with Gasteiger partial charge in [-0.25, -0.2) is 4.98 Å². The number of aromatic nitrogens is 1. The van der Waals surface area contributed by atoms with E-state index in [-0.39, 0.29) is 17.7 Å². The lowest BCUT2D eigenvalue weighted by Gasteiger charge is -2.31. The number of nitrogens with zero attached hydrogens (tertiary/aromatic N) is 2. The quantitative estimate of drug-likeness (QED) is 0.828. The number of amides is 2. The van der Waals surface area contributed by atoms with Crippen molar-refractivity contribution in [1.29, 1.82) is 0 Å². The molecule has 1 aromatic rings. The summed E-state index contributed by atoms with van der Waals surface area (Å²) >= 11 is 1.37. The Morgan fingerprint density at radius 2 is 2.09 bits per heavy atom. The van der Waals surface area contributed by atoms with Crippen molar-refractivity contribution in [3.63, 3.8) is 0 Å². The molecule has 2 N–H and O–H groups in total. The van der Waals surface area contributed by atoms with Crippen LogP contribution in [0, 0.1) is 11.8 Å². The largest absolute Gasteiger partial charge is 0.342 e. The highest BCUT2D eigenvalue weighted by Gasteiger charge is 2.23. The van der Waals surface area contributed by atoms with Crippen molar-refractivity contribution in [1.82, 2.24) is 15.2 Å². The van der Waals surface area contributed by atoms with E-state index in [1.165, 1.54) is 11.3 Å². The van der Waals surface area contributed by atoms with Gasteiger partial charge in [-0.1, -0.05) is 13.8 Å². The SMILES string of the molecule is CNCC1CCN(C(=O)Cc2csc(NC(=O)C(C)C)n2)CC1. The summed E-state index contributed by atoms with van der Waals surface area (Å²) in [5.74, 6) is 0.660. The molecular weight excluding hydrogens is 312 g/mol. The zero-order valence-corrected chi connectivity index (χ0v) is 14.9. The molecule has 2 rings (SSSR count). The lowest BCUT2D eigenvalue weighted by molar-refractivity contribution is -0.131. The first-order chi connectivity index (χ1) is 11.0. The van der Waals surface area contributed by atoms with E-state index in [9.17, 15) is 9.59 Å². The van der Waals surface area contributed by atoms with Gasteiger partial charge in [-0.2, -0.15) is 0 Å². The van der Waals surface area contributed by atoms with E-state index in [0.717, 1.165) is 38.2 Å². The molecule has 0 spiro atoms. The predicted molar refractivity (Wildman–Crippen MR) is 92.5 cm³/mol. The lowest BCUT2D eigenvalue weighted by atomic mass is 9.96. The number of rotatable bonds is 6. The molecule has 7 heteroatoms. The molecule has 1 saturated heterocycles. The Kier molecular flexibility index (Phi) is 6.53. The second kappa shape index (κ2) is 8.40. The van der Waals surface area contributed by atoms with Crippen molar-refractivity contribution in [2.75, 3.05) is 32.0 Å². The van der Waals surface area contributed by atoms with Crippen molar-refractivity contribution in [3.8, 4) is 0 Å². The van der Waals surface area contributed by atoms with Gasteiger partial charge in [0.25, 0.3) is 0 Å². The highest BCUT2D eigenvalue weighted by molar-refractivity contribution is 7.13. The molecule has 6 nitrogen and oxygen atoms in total. The lowest BCUT2D eigenvalue weighted by Crippen LogP contribution is -2.41. The molecule has 23 heavy (non-hydrogen) atoms. The third-order valence-corrected chi connectivity index (χ3v) is 4.91. The second-order valence-corrected chi connectivity index (χ2v) is 7.20. The first-order valence-electron chi connectivity index (χ1n) is 8.17. The summed E-state index contributed by atoms with van der Waals surface area (Å²) in [6.07, 6.45) is 2.42. The van der Waals surface area contributed by atoms with E-state index >= 15 is 0 Å². The summed E-state index contributed by atoms with van der Waals surface area (Å²) < 4.78 is 0. The number of hydrogen-bond donors (Lipinski definition) is 2. The molecule has 0 unspecified atom stereocenters. The first-order valence-corrected chi connectivity index (χ1v) is 9.05. The molecule has 128 valence electrons. The highest BCUT2D eigenvalue weighted by Crippen LogP contribution is 2.20. The van der Waals surface area contributed by atoms with Gasteiger partial charge in [0.1, 0.15) is 0 Å². The van der Waals surface area contributed by atoms with E-state index in [0.29, 0.717) is 17.5 Å². The Labute approximate surface area is 141 Å². The molecule has 1 aromatic heterocycles. The van der Waals surface area contributed by atoms with Crippen molar-refractivity contribution >= 4 is 28.3 Å². The fraction of sp³-hybridized carbons (Fsp3) is 0.688. The molecule has 0 aliphatic carbocycles. The van der Waals surface area contributed by atoms with E-state index in [2.05, 4.69) is 15.6 Å². The van der Waals surface area contributed by atoms with Crippen LogP contribution < -0.4 is 10.6 Å². The Hall–Kier alpha value is -1.47. The third-order valence-electron chi connectivity index (χ3n) is 4.10. The van der Waals surface area contributed by atoms with Crippen LogP contribution in [-0.2, 0) is 16.0 Å². The smallest absolute Gasteiger partial charge is 0.228 e. The van der Waals surface area contributed by atoms with E-state index in [1.807, 2.05) is 31.2 Å². The zero-order valence-electron chi connectivity index (χ0n) is 14.1. The second-order valence-electron chi connectivity index (χ2n) is 6.35. The normalized spacial score (nSPS) is 15.9. The maximum atomic E-state index is 12.4. The monoisotopic (exact) mass is 338 g/mol. The molecule has 0 bridgehead atoms. The van der Waals surface area contributed by atoms with Crippen LogP contribution in [0.3, 0.4) is 0 Å². The number of piperidine rings is 1. The Morgan fingerprint density at radius 1 is 1.39 bits per heavy atom. The average Bonchev–Trinajstić information content (AvgIpc) is 2.95. The van der Waals surface area contributed by atoms with Gasteiger partial charge in [0, 0.05) is 24.4 Å². The van der Waals surface area contributed by atoms with Crippen LogP contribution in [0.15, 0.2) is 5.38 Å². The number of likely N-dealkylation sites (tertiary alicyclic amines) is 1. The zero-order chi connectivity index (χ0) is 16.8. The van der Waals surface area contributed by atoms with Crippen molar-refractivity contribution < 1.29 is 9.59 Å². The average molecular weight is 338 g/mol. The number of anilines is 1. The fourth-order valence-corrected chi connectivity index (χ4v) is 3.35. The van der Waals surface area contributed by atoms with E-state index in [1.54, 1.807) is 0 Å². The number of thiazole rings is 1. The van der Waals surface area contributed by atoms with Crippen LogP contribution in [0.4, 0.5) is 5.13 Å². The van der Waals surface area contributed by atoms with Crippen LogP contribution in [0.2, 0.25) is 0 Å². The topological polar surface area (TPSA) is 74.3 Å². The van der Waals surface area contributed by atoms with Crippen LogP contribution in [0.5, 0.6) is 0 Å². The Morgan fingerprint density at radius 3 is 2.70 bits per heavy atom. The summed E-state index contributed by atoms with van der Waals surface area (Å²) in [5.41, 5.74) is 0.733. The molecular formula is C16H26N4O2S. The summed E-state index contributed by atoms with van der Waals surface area (Å²) in [6.45, 7) is 6.35. The molecule has 0 atom stereocenters. The minimum Gasteiger partial charge on any atom is -0.342 e. The summed E-state index contributed by atoms with van der Waals surface area (Å²) in [4.78, 5) is 30.3. The Balaban J connectivity index is 1.82. The molecule has 0 saturated carbocycles. The van der Waals surface area contributed by atoms with Crippen LogP contribution in [0.25, 0.3) is 0 Å². The summed E-state index contributed by atoms with van der Waals surface area (Å²) in [6, 6.07) is 0. The number of carbonyl (C=O) groups excluding carboxylic acids is 2. The van der Waals surface area contributed by atoms with E-state index in [4.69, 9.17) is 0 Å². The summed E-state index contributed by atoms with van der Waals surface area (Å²) in [7, 11) is 1.97. The predicted octanol–water partition coefficient (Wildman–Crippen LogP) is 1.74. The van der Waals surface area contributed by atoms with Crippen molar-refractivity contribution in [3.05, 3.63) is 11.1 Å². The standard InChI is InChI=1S/C16H26N4O2S/c1-11(2)15(22)19-16-18-13(10-23-16)8-14(21)20-6-4-12(5-7-20)9-17-3/h10-12,17H,4-9H2,1-3H3,(H,18,19,22). The van der Waals surface area contributed by atoms with Crippen LogP contribution >= 0.6 is 11.3 Å². The number of nitrogens with one attached hydrogen (secondary N) is 2. The highest BCUT2D eigenvalue weighted by atomic mass is 32.1. The third kappa shape index (κ3) is 5.28. The van der Waals surface area contributed by atoms with Gasteiger partial charge < -0.3 is 15.5 Å². The van der Waals surface area contributed by atoms with Gasteiger partial charge in [-0.05, 0) is 32.4 Å². The maximum Gasteiger partial charge on any atom is 0.228 e.